The number of para-hydroxylation sites is 1. The van der Waals surface area contributed by atoms with Crippen LogP contribution >= 0.6 is 15.9 Å². The van der Waals surface area contributed by atoms with Crippen molar-refractivity contribution in [2.45, 2.75) is 13.0 Å². The van der Waals surface area contributed by atoms with Crippen molar-refractivity contribution in [1.82, 2.24) is 0 Å². The van der Waals surface area contributed by atoms with Crippen LogP contribution in [-0.4, -0.2) is 0 Å². The summed E-state index contributed by atoms with van der Waals surface area (Å²) in [5, 5.41) is 0. The molecule has 0 aromatic heterocycles. The first kappa shape index (κ1) is 13.1. The van der Waals surface area contributed by atoms with Crippen molar-refractivity contribution in [2.75, 3.05) is 0 Å². The summed E-state index contributed by atoms with van der Waals surface area (Å²) in [4.78, 5) is 0. The maximum absolute atomic E-state index is 13.2. The Balaban J connectivity index is 2.37. The average molecular weight is 310 g/mol. The van der Waals surface area contributed by atoms with Gasteiger partial charge in [0.1, 0.15) is 17.3 Å². The van der Waals surface area contributed by atoms with Gasteiger partial charge in [-0.1, -0.05) is 12.1 Å². The topological polar surface area (TPSA) is 35.2 Å². The summed E-state index contributed by atoms with van der Waals surface area (Å²) in [5.41, 5.74) is 6.46. The van der Waals surface area contributed by atoms with E-state index in [1.807, 2.05) is 24.3 Å². The number of halogens is 2. The molecular formula is C14H13BrFNO. The van der Waals surface area contributed by atoms with Gasteiger partial charge in [-0.25, -0.2) is 4.39 Å². The van der Waals surface area contributed by atoms with Gasteiger partial charge in [0.05, 0.1) is 4.47 Å². The molecule has 4 heteroatoms. The number of nitrogens with two attached hydrogens (primary N) is 1. The molecule has 0 amide bonds. The van der Waals surface area contributed by atoms with E-state index in [9.17, 15) is 4.39 Å². The van der Waals surface area contributed by atoms with Crippen molar-refractivity contribution in [3.05, 3.63) is 58.3 Å². The summed E-state index contributed by atoms with van der Waals surface area (Å²) in [6.07, 6.45) is 0. The van der Waals surface area contributed by atoms with E-state index in [0.29, 0.717) is 17.1 Å². The third-order valence-electron chi connectivity index (χ3n) is 2.52. The van der Waals surface area contributed by atoms with Gasteiger partial charge in [-0.2, -0.15) is 0 Å². The van der Waals surface area contributed by atoms with Crippen LogP contribution in [0.1, 0.15) is 18.5 Å². The van der Waals surface area contributed by atoms with Crippen molar-refractivity contribution in [3.63, 3.8) is 0 Å². The molecule has 0 aliphatic heterocycles. The van der Waals surface area contributed by atoms with Crippen LogP contribution in [0.2, 0.25) is 0 Å². The van der Waals surface area contributed by atoms with Crippen LogP contribution in [0.25, 0.3) is 0 Å². The van der Waals surface area contributed by atoms with Crippen LogP contribution in [0.15, 0.2) is 46.9 Å². The molecule has 2 nitrogen and oxygen atoms in total. The van der Waals surface area contributed by atoms with Gasteiger partial charge in [0.15, 0.2) is 0 Å². The molecule has 0 saturated heterocycles. The zero-order valence-corrected chi connectivity index (χ0v) is 11.4. The fourth-order valence-corrected chi connectivity index (χ4v) is 1.98. The highest BCUT2D eigenvalue weighted by Crippen LogP contribution is 2.33. The van der Waals surface area contributed by atoms with Gasteiger partial charge in [-0.15, -0.1) is 0 Å². The number of benzene rings is 2. The van der Waals surface area contributed by atoms with Crippen LogP contribution in [0.3, 0.4) is 0 Å². The molecule has 2 aromatic rings. The SMILES string of the molecule is CC(N)c1cc(F)ccc1Oc1ccccc1Br. The quantitative estimate of drug-likeness (QED) is 0.912. The normalized spacial score (nSPS) is 12.2. The van der Waals surface area contributed by atoms with Crippen molar-refractivity contribution < 1.29 is 9.13 Å². The van der Waals surface area contributed by atoms with Crippen LogP contribution in [-0.2, 0) is 0 Å². The molecule has 0 spiro atoms. The molecule has 94 valence electrons. The Labute approximate surface area is 114 Å². The second-order valence-corrected chi connectivity index (χ2v) is 4.86. The minimum absolute atomic E-state index is 0.293. The predicted molar refractivity (Wildman–Crippen MR) is 73.2 cm³/mol. The number of rotatable bonds is 3. The van der Waals surface area contributed by atoms with E-state index in [2.05, 4.69) is 15.9 Å². The molecule has 1 atom stereocenters. The number of hydrogen-bond donors (Lipinski definition) is 1. The van der Waals surface area contributed by atoms with Crippen LogP contribution in [0.5, 0.6) is 11.5 Å². The largest absolute Gasteiger partial charge is 0.456 e. The lowest BCUT2D eigenvalue weighted by Crippen LogP contribution is -2.07. The van der Waals surface area contributed by atoms with Gasteiger partial charge in [0.25, 0.3) is 0 Å². The second kappa shape index (κ2) is 5.50. The number of ether oxygens (including phenoxy) is 1. The van der Waals surface area contributed by atoms with Crippen molar-refractivity contribution in [2.24, 2.45) is 5.73 Å². The van der Waals surface area contributed by atoms with Gasteiger partial charge in [0, 0.05) is 11.6 Å². The highest BCUT2D eigenvalue weighted by atomic mass is 79.9. The van der Waals surface area contributed by atoms with E-state index in [-0.39, 0.29) is 11.9 Å². The molecule has 2 aromatic carbocycles. The second-order valence-electron chi connectivity index (χ2n) is 4.00. The monoisotopic (exact) mass is 309 g/mol. The predicted octanol–water partition coefficient (Wildman–Crippen LogP) is 4.40. The Hall–Kier alpha value is -1.39. The summed E-state index contributed by atoms with van der Waals surface area (Å²) in [7, 11) is 0. The van der Waals surface area contributed by atoms with Gasteiger partial charge in [-0.3, -0.25) is 0 Å². The fourth-order valence-electron chi connectivity index (χ4n) is 1.61. The van der Waals surface area contributed by atoms with E-state index in [1.165, 1.54) is 12.1 Å². The Morgan fingerprint density at radius 1 is 1.17 bits per heavy atom. The van der Waals surface area contributed by atoms with E-state index >= 15 is 0 Å². The van der Waals surface area contributed by atoms with Crippen LogP contribution in [0.4, 0.5) is 4.39 Å². The highest BCUT2D eigenvalue weighted by Gasteiger charge is 2.11. The maximum Gasteiger partial charge on any atom is 0.141 e. The lowest BCUT2D eigenvalue weighted by molar-refractivity contribution is 0.466. The molecule has 2 rings (SSSR count). The van der Waals surface area contributed by atoms with E-state index in [0.717, 1.165) is 4.47 Å². The Morgan fingerprint density at radius 3 is 2.56 bits per heavy atom. The highest BCUT2D eigenvalue weighted by molar-refractivity contribution is 9.10. The molecule has 0 heterocycles. The summed E-state index contributed by atoms with van der Waals surface area (Å²) in [6.45, 7) is 1.79. The smallest absolute Gasteiger partial charge is 0.141 e. The first-order valence-corrected chi connectivity index (χ1v) is 6.34. The summed E-state index contributed by atoms with van der Waals surface area (Å²) < 4.78 is 19.8. The summed E-state index contributed by atoms with van der Waals surface area (Å²) >= 11 is 3.40. The van der Waals surface area contributed by atoms with Crippen molar-refractivity contribution in [3.8, 4) is 11.5 Å². The van der Waals surface area contributed by atoms with E-state index < -0.39 is 0 Å². The minimum Gasteiger partial charge on any atom is -0.456 e. The van der Waals surface area contributed by atoms with Crippen LogP contribution < -0.4 is 10.5 Å². The molecule has 2 N–H and O–H groups in total. The Morgan fingerprint density at radius 2 is 1.89 bits per heavy atom. The molecule has 0 radical (unpaired) electrons. The van der Waals surface area contributed by atoms with E-state index in [1.54, 1.807) is 13.0 Å². The fraction of sp³-hybridized carbons (Fsp3) is 0.143. The van der Waals surface area contributed by atoms with Gasteiger partial charge < -0.3 is 10.5 Å². The van der Waals surface area contributed by atoms with Gasteiger partial charge in [-0.05, 0) is 53.2 Å². The molecule has 0 aliphatic rings. The molecule has 18 heavy (non-hydrogen) atoms. The minimum atomic E-state index is -0.318. The Bertz CT molecular complexity index is 557. The third-order valence-corrected chi connectivity index (χ3v) is 3.17. The molecule has 0 fully saturated rings. The molecular weight excluding hydrogens is 297 g/mol. The lowest BCUT2D eigenvalue weighted by atomic mass is 10.1. The molecule has 0 saturated carbocycles. The zero-order valence-electron chi connectivity index (χ0n) is 9.86. The first-order valence-electron chi connectivity index (χ1n) is 5.55. The first-order chi connectivity index (χ1) is 8.58. The summed E-state index contributed by atoms with van der Waals surface area (Å²) in [5.74, 6) is 0.922. The average Bonchev–Trinajstić information content (AvgIpc) is 2.34. The van der Waals surface area contributed by atoms with Gasteiger partial charge in [0.2, 0.25) is 0 Å². The zero-order chi connectivity index (χ0) is 13.1. The molecule has 0 bridgehead atoms. The maximum atomic E-state index is 13.2. The van der Waals surface area contributed by atoms with Gasteiger partial charge >= 0.3 is 0 Å². The van der Waals surface area contributed by atoms with Crippen molar-refractivity contribution >= 4 is 15.9 Å². The van der Waals surface area contributed by atoms with Crippen molar-refractivity contribution in [1.29, 1.82) is 0 Å². The number of hydrogen-bond acceptors (Lipinski definition) is 2. The Kier molecular flexibility index (Phi) is 3.99. The van der Waals surface area contributed by atoms with Crippen LogP contribution in [0, 0.1) is 5.82 Å². The van der Waals surface area contributed by atoms with E-state index in [4.69, 9.17) is 10.5 Å². The molecule has 1 unspecified atom stereocenters. The molecule has 0 aliphatic carbocycles. The standard InChI is InChI=1S/C14H13BrFNO/c1-9(17)11-8-10(16)6-7-13(11)18-14-5-3-2-4-12(14)15/h2-9H,17H2,1H3. The summed E-state index contributed by atoms with van der Waals surface area (Å²) in [6, 6.07) is 11.5. The third kappa shape index (κ3) is 2.89. The lowest BCUT2D eigenvalue weighted by Gasteiger charge is -2.14.